The fourth-order valence-corrected chi connectivity index (χ4v) is 5.10. The summed E-state index contributed by atoms with van der Waals surface area (Å²) in [5.74, 6) is -0.742. The third-order valence-electron chi connectivity index (χ3n) is 6.57. The van der Waals surface area contributed by atoms with Gasteiger partial charge in [0.2, 0.25) is 5.91 Å². The lowest BCUT2D eigenvalue weighted by Crippen LogP contribution is -2.49. The zero-order valence-electron chi connectivity index (χ0n) is 17.2. The molecule has 2 atom stereocenters. The van der Waals surface area contributed by atoms with Crippen molar-refractivity contribution in [1.29, 1.82) is 0 Å². The van der Waals surface area contributed by atoms with E-state index in [0.29, 0.717) is 25.2 Å². The zero-order valence-corrected chi connectivity index (χ0v) is 17.2. The Labute approximate surface area is 179 Å². The van der Waals surface area contributed by atoms with Gasteiger partial charge in [-0.3, -0.25) is 14.4 Å². The molecule has 1 fully saturated rings. The highest BCUT2D eigenvalue weighted by atomic mass is 16.4. The zero-order chi connectivity index (χ0) is 21.5. The van der Waals surface area contributed by atoms with E-state index >= 15 is 0 Å². The first-order chi connectivity index (χ1) is 15.0. The van der Waals surface area contributed by atoms with Gasteiger partial charge in [0.05, 0.1) is 6.42 Å². The number of benzene rings is 2. The maximum absolute atomic E-state index is 13.4. The molecule has 31 heavy (non-hydrogen) atoms. The van der Waals surface area contributed by atoms with E-state index in [4.69, 9.17) is 5.11 Å². The second-order valence-corrected chi connectivity index (χ2v) is 8.64. The number of nitrogens with zero attached hydrogens (tertiary/aromatic N) is 2. The van der Waals surface area contributed by atoms with Crippen molar-refractivity contribution in [2.24, 2.45) is 5.92 Å². The minimum Gasteiger partial charge on any atom is -0.481 e. The SMILES string of the molecule is O=C(O)CCC(=O)N1CC2CC(C1)c1ccc(-c3ccc4ccccc4c3)c(=O)n1C2. The van der Waals surface area contributed by atoms with Gasteiger partial charge in [0.15, 0.2) is 0 Å². The van der Waals surface area contributed by atoms with Crippen LogP contribution in [0, 0.1) is 5.92 Å². The molecule has 1 aromatic heterocycles. The standard InChI is InChI=1S/C25H24N2O4/c28-23(9-10-24(29)30)26-13-16-11-20(15-26)22-8-7-21(25(31)27(22)14-16)19-6-5-17-3-1-2-4-18(17)12-19/h1-8,12,16,20H,9-11,13-15H2,(H,29,30). The molecule has 2 aliphatic rings. The first kappa shape index (κ1) is 19.5. The Kier molecular flexibility index (Phi) is 4.85. The number of amides is 1. The Morgan fingerprint density at radius 1 is 0.935 bits per heavy atom. The summed E-state index contributed by atoms with van der Waals surface area (Å²) in [6, 6.07) is 18.1. The van der Waals surface area contributed by atoms with Crippen molar-refractivity contribution >= 4 is 22.6 Å². The molecule has 1 saturated heterocycles. The molecule has 2 aliphatic heterocycles. The molecule has 5 rings (SSSR count). The van der Waals surface area contributed by atoms with Gasteiger partial charge < -0.3 is 14.6 Å². The predicted molar refractivity (Wildman–Crippen MR) is 118 cm³/mol. The van der Waals surface area contributed by atoms with Crippen molar-refractivity contribution < 1.29 is 14.7 Å². The largest absolute Gasteiger partial charge is 0.481 e. The molecule has 1 amide bonds. The van der Waals surface area contributed by atoms with Crippen LogP contribution in [0.1, 0.15) is 30.9 Å². The number of carboxylic acid groups (broad SMARTS) is 1. The Bertz CT molecular complexity index is 1250. The second-order valence-electron chi connectivity index (χ2n) is 8.64. The number of pyridine rings is 1. The summed E-state index contributed by atoms with van der Waals surface area (Å²) in [6.45, 7) is 1.72. The number of fused-ring (bicyclic) bond motifs is 5. The van der Waals surface area contributed by atoms with Gasteiger partial charge in [-0.1, -0.05) is 36.4 Å². The fraction of sp³-hybridized carbons (Fsp3) is 0.320. The predicted octanol–water partition coefficient (Wildman–Crippen LogP) is 3.48. The Morgan fingerprint density at radius 3 is 2.55 bits per heavy atom. The van der Waals surface area contributed by atoms with Crippen LogP contribution in [-0.2, 0) is 16.1 Å². The number of likely N-dealkylation sites (tertiary alicyclic amines) is 1. The molecule has 6 heteroatoms. The molecule has 3 aromatic rings. The van der Waals surface area contributed by atoms with Crippen LogP contribution in [0.15, 0.2) is 59.4 Å². The van der Waals surface area contributed by atoms with Crippen molar-refractivity contribution in [2.45, 2.75) is 31.7 Å². The van der Waals surface area contributed by atoms with E-state index in [0.717, 1.165) is 28.5 Å². The number of piperidine rings is 1. The summed E-state index contributed by atoms with van der Waals surface area (Å²) in [7, 11) is 0. The molecule has 0 aliphatic carbocycles. The summed E-state index contributed by atoms with van der Waals surface area (Å²) >= 11 is 0. The first-order valence-corrected chi connectivity index (χ1v) is 10.7. The van der Waals surface area contributed by atoms with Crippen molar-refractivity contribution in [3.05, 3.63) is 70.6 Å². The summed E-state index contributed by atoms with van der Waals surface area (Å²) in [4.78, 5) is 38.4. The lowest BCUT2D eigenvalue weighted by atomic mass is 9.82. The van der Waals surface area contributed by atoms with Crippen LogP contribution in [0.4, 0.5) is 0 Å². The minimum atomic E-state index is -0.955. The molecule has 3 heterocycles. The van der Waals surface area contributed by atoms with Gasteiger partial charge in [-0.2, -0.15) is 0 Å². The van der Waals surface area contributed by atoms with Crippen molar-refractivity contribution in [3.63, 3.8) is 0 Å². The molecular formula is C25H24N2O4. The average Bonchev–Trinajstić information content (AvgIpc) is 2.77. The minimum absolute atomic E-state index is 0.0214. The molecule has 1 N–H and O–H groups in total. The number of rotatable bonds is 4. The normalized spacial score (nSPS) is 19.8. The first-order valence-electron chi connectivity index (χ1n) is 10.7. The van der Waals surface area contributed by atoms with E-state index in [1.54, 1.807) is 4.90 Å². The molecule has 0 saturated carbocycles. The highest BCUT2D eigenvalue weighted by molar-refractivity contribution is 5.87. The Hall–Kier alpha value is -3.41. The lowest BCUT2D eigenvalue weighted by molar-refractivity contribution is -0.141. The number of aromatic nitrogens is 1. The van der Waals surface area contributed by atoms with Crippen LogP contribution in [-0.4, -0.2) is 39.5 Å². The topological polar surface area (TPSA) is 79.6 Å². The van der Waals surface area contributed by atoms with E-state index in [1.807, 2.05) is 41.0 Å². The summed E-state index contributed by atoms with van der Waals surface area (Å²) in [6.07, 6.45) is 0.843. The molecule has 0 radical (unpaired) electrons. The number of carboxylic acids is 1. The van der Waals surface area contributed by atoms with Crippen molar-refractivity contribution in [1.82, 2.24) is 9.47 Å². The third kappa shape index (κ3) is 3.63. The number of carbonyl (C=O) groups is 2. The van der Waals surface area contributed by atoms with Gasteiger partial charge >= 0.3 is 5.97 Å². The van der Waals surface area contributed by atoms with E-state index in [-0.39, 0.29) is 36.1 Å². The smallest absolute Gasteiger partial charge is 0.303 e. The highest BCUT2D eigenvalue weighted by Gasteiger charge is 2.36. The quantitative estimate of drug-likeness (QED) is 0.706. The fourth-order valence-electron chi connectivity index (χ4n) is 5.10. The van der Waals surface area contributed by atoms with E-state index in [1.165, 1.54) is 0 Å². The maximum Gasteiger partial charge on any atom is 0.303 e. The summed E-state index contributed by atoms with van der Waals surface area (Å²) in [5, 5.41) is 11.1. The molecule has 2 bridgehead atoms. The van der Waals surface area contributed by atoms with Crippen LogP contribution < -0.4 is 5.56 Å². The van der Waals surface area contributed by atoms with Gasteiger partial charge in [-0.05, 0) is 46.9 Å². The van der Waals surface area contributed by atoms with E-state index < -0.39 is 5.97 Å². The van der Waals surface area contributed by atoms with Crippen LogP contribution in [0.2, 0.25) is 0 Å². The third-order valence-corrected chi connectivity index (χ3v) is 6.57. The van der Waals surface area contributed by atoms with Gasteiger partial charge in [0.25, 0.3) is 5.56 Å². The van der Waals surface area contributed by atoms with Crippen LogP contribution >= 0.6 is 0 Å². The van der Waals surface area contributed by atoms with E-state index in [9.17, 15) is 14.4 Å². The monoisotopic (exact) mass is 416 g/mol. The Morgan fingerprint density at radius 2 is 1.74 bits per heavy atom. The average molecular weight is 416 g/mol. The van der Waals surface area contributed by atoms with E-state index in [2.05, 4.69) is 18.2 Å². The molecule has 6 nitrogen and oxygen atoms in total. The molecule has 0 spiro atoms. The van der Waals surface area contributed by atoms with Crippen LogP contribution in [0.5, 0.6) is 0 Å². The van der Waals surface area contributed by atoms with Crippen LogP contribution in [0.3, 0.4) is 0 Å². The summed E-state index contributed by atoms with van der Waals surface area (Å²) in [5.41, 5.74) is 2.61. The van der Waals surface area contributed by atoms with Gasteiger partial charge in [-0.15, -0.1) is 0 Å². The van der Waals surface area contributed by atoms with Crippen molar-refractivity contribution in [3.8, 4) is 11.1 Å². The molecular weight excluding hydrogens is 392 g/mol. The maximum atomic E-state index is 13.4. The number of hydrogen-bond acceptors (Lipinski definition) is 3. The lowest BCUT2D eigenvalue weighted by Gasteiger charge is -2.43. The number of hydrogen-bond donors (Lipinski definition) is 1. The number of carbonyl (C=O) groups excluding carboxylic acids is 1. The van der Waals surface area contributed by atoms with Gasteiger partial charge in [-0.25, -0.2) is 0 Å². The van der Waals surface area contributed by atoms with Crippen molar-refractivity contribution in [2.75, 3.05) is 13.1 Å². The summed E-state index contributed by atoms with van der Waals surface area (Å²) < 4.78 is 1.89. The highest BCUT2D eigenvalue weighted by Crippen LogP contribution is 2.36. The second kappa shape index (κ2) is 7.69. The molecule has 158 valence electrons. The van der Waals surface area contributed by atoms with Crippen LogP contribution in [0.25, 0.3) is 21.9 Å². The molecule has 2 unspecified atom stereocenters. The van der Waals surface area contributed by atoms with Gasteiger partial charge in [0, 0.05) is 43.2 Å². The Balaban J connectivity index is 1.45. The molecule has 2 aromatic carbocycles. The number of aliphatic carboxylic acids is 1. The van der Waals surface area contributed by atoms with Gasteiger partial charge in [0.1, 0.15) is 0 Å².